The molecule has 1 amide bonds. The van der Waals surface area contributed by atoms with Crippen molar-refractivity contribution in [2.75, 3.05) is 0 Å². The summed E-state index contributed by atoms with van der Waals surface area (Å²) < 4.78 is 53.0. The summed E-state index contributed by atoms with van der Waals surface area (Å²) in [4.78, 5) is 12.9. The lowest BCUT2D eigenvalue weighted by molar-refractivity contribution is -0.234. The third-order valence-electron chi connectivity index (χ3n) is 4.02. The van der Waals surface area contributed by atoms with E-state index in [9.17, 15) is 22.4 Å². The number of carbonyl (C=O) groups excluding carboxylic acids is 1. The minimum atomic E-state index is -5.19. The van der Waals surface area contributed by atoms with E-state index in [1.807, 2.05) is 0 Å². The normalized spacial score (nSPS) is 30.9. The van der Waals surface area contributed by atoms with Crippen molar-refractivity contribution in [3.8, 4) is 0 Å². The Balaban J connectivity index is 2.31. The fourth-order valence-corrected chi connectivity index (χ4v) is 2.57. The Bertz CT molecular complexity index is 502. The van der Waals surface area contributed by atoms with E-state index < -0.39 is 29.7 Å². The van der Waals surface area contributed by atoms with Crippen molar-refractivity contribution in [3.63, 3.8) is 0 Å². The second-order valence-corrected chi connectivity index (χ2v) is 5.16. The SMILES string of the molecule is C[C@@H]1[C@H](C)[C@](F)(C(F)(F)F)C(=O)N1Cc1ccccc1. The van der Waals surface area contributed by atoms with Crippen LogP contribution in [0.2, 0.25) is 0 Å². The minimum Gasteiger partial charge on any atom is -0.332 e. The monoisotopic (exact) mass is 289 g/mol. The molecule has 2 nitrogen and oxygen atoms in total. The average molecular weight is 289 g/mol. The van der Waals surface area contributed by atoms with Gasteiger partial charge in [-0.25, -0.2) is 4.39 Å². The molecule has 110 valence electrons. The molecule has 0 aliphatic carbocycles. The zero-order valence-corrected chi connectivity index (χ0v) is 11.1. The van der Waals surface area contributed by atoms with Gasteiger partial charge in [0.2, 0.25) is 0 Å². The van der Waals surface area contributed by atoms with Crippen molar-refractivity contribution < 1.29 is 22.4 Å². The lowest BCUT2D eigenvalue weighted by Crippen LogP contribution is -2.51. The van der Waals surface area contributed by atoms with E-state index in [0.717, 1.165) is 11.8 Å². The Morgan fingerprint density at radius 1 is 1.20 bits per heavy atom. The van der Waals surface area contributed by atoms with Crippen molar-refractivity contribution in [1.29, 1.82) is 0 Å². The van der Waals surface area contributed by atoms with Gasteiger partial charge in [-0.05, 0) is 12.5 Å². The largest absolute Gasteiger partial charge is 0.432 e. The predicted molar refractivity (Wildman–Crippen MR) is 65.5 cm³/mol. The number of rotatable bonds is 2. The fourth-order valence-electron chi connectivity index (χ4n) is 2.57. The van der Waals surface area contributed by atoms with Gasteiger partial charge in [0.25, 0.3) is 11.6 Å². The smallest absolute Gasteiger partial charge is 0.332 e. The summed E-state index contributed by atoms with van der Waals surface area (Å²) in [5.74, 6) is -2.92. The van der Waals surface area contributed by atoms with Crippen LogP contribution < -0.4 is 0 Å². The first kappa shape index (κ1) is 14.8. The van der Waals surface area contributed by atoms with Crippen LogP contribution in [-0.2, 0) is 11.3 Å². The maximum absolute atomic E-state index is 14.3. The summed E-state index contributed by atoms with van der Waals surface area (Å²) in [6, 6.07) is 7.77. The Morgan fingerprint density at radius 2 is 1.75 bits per heavy atom. The third kappa shape index (κ3) is 2.07. The van der Waals surface area contributed by atoms with Gasteiger partial charge in [0.15, 0.2) is 0 Å². The van der Waals surface area contributed by atoms with Gasteiger partial charge in [0.1, 0.15) is 0 Å². The van der Waals surface area contributed by atoms with E-state index in [1.165, 1.54) is 6.92 Å². The van der Waals surface area contributed by atoms with Gasteiger partial charge < -0.3 is 4.90 Å². The molecule has 1 aromatic carbocycles. The fraction of sp³-hybridized carbons (Fsp3) is 0.500. The molecular formula is C14H15F4NO. The zero-order valence-electron chi connectivity index (χ0n) is 11.1. The van der Waals surface area contributed by atoms with E-state index in [2.05, 4.69) is 0 Å². The molecule has 0 saturated carbocycles. The molecule has 1 aliphatic heterocycles. The number of nitrogens with zero attached hydrogens (tertiary/aromatic N) is 1. The first-order valence-electron chi connectivity index (χ1n) is 6.30. The maximum atomic E-state index is 14.3. The number of halogens is 4. The van der Waals surface area contributed by atoms with Crippen LogP contribution >= 0.6 is 0 Å². The molecular weight excluding hydrogens is 274 g/mol. The molecule has 2 rings (SSSR count). The molecule has 0 radical (unpaired) electrons. The van der Waals surface area contributed by atoms with Gasteiger partial charge >= 0.3 is 6.18 Å². The molecule has 1 aromatic rings. The Hall–Kier alpha value is -1.59. The highest BCUT2D eigenvalue weighted by Crippen LogP contribution is 2.48. The minimum absolute atomic E-state index is 0.0209. The van der Waals surface area contributed by atoms with Gasteiger partial charge in [0, 0.05) is 18.5 Å². The quantitative estimate of drug-likeness (QED) is 0.765. The summed E-state index contributed by atoms with van der Waals surface area (Å²) >= 11 is 0. The predicted octanol–water partition coefficient (Wildman–Crippen LogP) is 3.32. The van der Waals surface area contributed by atoms with E-state index in [4.69, 9.17) is 0 Å². The number of carbonyl (C=O) groups is 1. The summed E-state index contributed by atoms with van der Waals surface area (Å²) in [5.41, 5.74) is -3.12. The zero-order chi connectivity index (χ0) is 15.1. The molecule has 3 atom stereocenters. The molecule has 1 saturated heterocycles. The number of hydrogen-bond acceptors (Lipinski definition) is 1. The Labute approximate surface area is 114 Å². The van der Waals surface area contributed by atoms with E-state index in [1.54, 1.807) is 30.3 Å². The van der Waals surface area contributed by atoms with Gasteiger partial charge in [0.05, 0.1) is 0 Å². The highest BCUT2D eigenvalue weighted by molar-refractivity contribution is 5.89. The summed E-state index contributed by atoms with van der Waals surface area (Å²) in [5, 5.41) is 0. The molecule has 0 unspecified atom stereocenters. The molecule has 0 aromatic heterocycles. The van der Waals surface area contributed by atoms with Gasteiger partial charge in [-0.1, -0.05) is 37.3 Å². The number of alkyl halides is 4. The van der Waals surface area contributed by atoms with Crippen molar-refractivity contribution in [1.82, 2.24) is 4.90 Å². The lowest BCUT2D eigenvalue weighted by atomic mass is 9.89. The second kappa shape index (κ2) is 4.75. The van der Waals surface area contributed by atoms with Crippen molar-refractivity contribution in [2.24, 2.45) is 5.92 Å². The molecule has 20 heavy (non-hydrogen) atoms. The number of amides is 1. The third-order valence-corrected chi connectivity index (χ3v) is 4.02. The van der Waals surface area contributed by atoms with Crippen LogP contribution in [0.4, 0.5) is 17.6 Å². The topological polar surface area (TPSA) is 20.3 Å². The van der Waals surface area contributed by atoms with E-state index >= 15 is 0 Å². The van der Waals surface area contributed by atoms with Crippen LogP contribution in [0.1, 0.15) is 19.4 Å². The van der Waals surface area contributed by atoms with Crippen LogP contribution in [0, 0.1) is 5.92 Å². The first-order valence-corrected chi connectivity index (χ1v) is 6.30. The first-order chi connectivity index (χ1) is 9.19. The molecule has 1 fully saturated rings. The standard InChI is InChI=1S/C14H15F4NO/c1-9-10(2)19(8-11-6-4-3-5-7-11)12(20)13(9,15)14(16,17)18/h3-7,9-10H,8H2,1-2H3/t9-,10+,13+/m0/s1. The van der Waals surface area contributed by atoms with Crippen molar-refractivity contribution >= 4 is 5.91 Å². The molecule has 6 heteroatoms. The molecule has 0 N–H and O–H groups in total. The van der Waals surface area contributed by atoms with Crippen molar-refractivity contribution in [3.05, 3.63) is 35.9 Å². The van der Waals surface area contributed by atoms with Crippen LogP contribution in [0.5, 0.6) is 0 Å². The molecule has 0 bridgehead atoms. The summed E-state index contributed by atoms with van der Waals surface area (Å²) in [6.07, 6.45) is -5.19. The highest BCUT2D eigenvalue weighted by Gasteiger charge is 2.71. The van der Waals surface area contributed by atoms with Gasteiger partial charge in [-0.15, -0.1) is 0 Å². The Morgan fingerprint density at radius 3 is 2.20 bits per heavy atom. The van der Waals surface area contributed by atoms with Gasteiger partial charge in [-0.3, -0.25) is 4.79 Å². The lowest BCUT2D eigenvalue weighted by Gasteiger charge is -2.25. The Kier molecular flexibility index (Phi) is 3.52. The summed E-state index contributed by atoms with van der Waals surface area (Å²) in [6.45, 7) is 2.55. The van der Waals surface area contributed by atoms with Crippen molar-refractivity contribution in [2.45, 2.75) is 38.3 Å². The number of benzene rings is 1. The average Bonchev–Trinajstić information content (AvgIpc) is 2.55. The van der Waals surface area contributed by atoms with Gasteiger partial charge in [-0.2, -0.15) is 13.2 Å². The van der Waals surface area contributed by atoms with Crippen LogP contribution in [-0.4, -0.2) is 28.7 Å². The highest BCUT2D eigenvalue weighted by atomic mass is 19.4. The van der Waals surface area contributed by atoms with E-state index in [0.29, 0.717) is 5.56 Å². The number of hydrogen-bond donors (Lipinski definition) is 0. The van der Waals surface area contributed by atoms with Crippen LogP contribution in [0.25, 0.3) is 0 Å². The molecule has 1 aliphatic rings. The molecule has 0 spiro atoms. The number of likely N-dealkylation sites (tertiary alicyclic amines) is 1. The summed E-state index contributed by atoms with van der Waals surface area (Å²) in [7, 11) is 0. The van der Waals surface area contributed by atoms with Crippen LogP contribution in [0.15, 0.2) is 30.3 Å². The maximum Gasteiger partial charge on any atom is 0.432 e. The molecule has 1 heterocycles. The van der Waals surface area contributed by atoms with E-state index in [-0.39, 0.29) is 6.54 Å². The second-order valence-electron chi connectivity index (χ2n) is 5.16. The van der Waals surface area contributed by atoms with Crippen LogP contribution in [0.3, 0.4) is 0 Å².